The number of rotatable bonds is 14. The van der Waals surface area contributed by atoms with Crippen LogP contribution in [0.25, 0.3) is 0 Å². The van der Waals surface area contributed by atoms with Gasteiger partial charge in [-0.1, -0.05) is 74.0 Å². The second kappa shape index (κ2) is 14.4. The van der Waals surface area contributed by atoms with Crippen LogP contribution in [0.4, 0.5) is 5.69 Å². The van der Waals surface area contributed by atoms with Gasteiger partial charge in [-0.05, 0) is 42.5 Å². The third kappa shape index (κ3) is 8.97. The Labute approximate surface area is 254 Å². The molecular formula is C33H41N3O6S. The predicted octanol–water partition coefficient (Wildman–Crippen LogP) is 4.68. The van der Waals surface area contributed by atoms with Crippen LogP contribution in [-0.4, -0.2) is 57.3 Å². The summed E-state index contributed by atoms with van der Waals surface area (Å²) in [5, 5.41) is 3.03. The molecule has 1 aliphatic heterocycles. The second-order valence-corrected chi connectivity index (χ2v) is 13.2. The number of aryl methyl sites for hydroxylation is 1. The highest BCUT2D eigenvalue weighted by Crippen LogP contribution is 2.36. The maximum Gasteiger partial charge on any atom is 0.243 e. The van der Waals surface area contributed by atoms with Gasteiger partial charge in [0, 0.05) is 38.5 Å². The molecule has 0 saturated heterocycles. The van der Waals surface area contributed by atoms with E-state index >= 15 is 0 Å². The van der Waals surface area contributed by atoms with Crippen molar-refractivity contribution < 1.29 is 27.5 Å². The molecule has 1 heterocycles. The average Bonchev–Trinajstić information content (AvgIpc) is 3.44. The molecule has 0 saturated carbocycles. The number of anilines is 1. The van der Waals surface area contributed by atoms with Crippen molar-refractivity contribution in [3.8, 4) is 11.5 Å². The topological polar surface area (TPSA) is 105 Å². The smallest absolute Gasteiger partial charge is 0.243 e. The summed E-state index contributed by atoms with van der Waals surface area (Å²) in [5.41, 5.74) is 3.39. The lowest BCUT2D eigenvalue weighted by Gasteiger charge is -2.32. The highest BCUT2D eigenvalue weighted by atomic mass is 32.2. The van der Waals surface area contributed by atoms with Gasteiger partial charge in [0.25, 0.3) is 0 Å². The highest BCUT2D eigenvalue weighted by molar-refractivity contribution is 7.92. The molecule has 3 aromatic carbocycles. The SMILES string of the molecule is Cc1ccc(CN(C(=O)CCCN(c2ccc3c(c2)OCO3)S(C)(=O)=O)[C@@H](Cc2ccccc2)C(=O)NCC(C)C)cc1. The number of carbonyl (C=O) groups is 2. The zero-order valence-corrected chi connectivity index (χ0v) is 26.1. The van der Waals surface area contributed by atoms with Crippen LogP contribution in [-0.2, 0) is 32.6 Å². The minimum Gasteiger partial charge on any atom is -0.454 e. The Morgan fingerprint density at radius 3 is 2.30 bits per heavy atom. The maximum absolute atomic E-state index is 14.0. The summed E-state index contributed by atoms with van der Waals surface area (Å²) in [6.45, 7) is 6.96. The fourth-order valence-electron chi connectivity index (χ4n) is 4.91. The van der Waals surface area contributed by atoms with Gasteiger partial charge in [0.2, 0.25) is 28.6 Å². The zero-order chi connectivity index (χ0) is 31.0. The Hall–Kier alpha value is -4.05. The normalized spacial score (nSPS) is 13.0. The molecule has 0 unspecified atom stereocenters. The number of nitrogens with one attached hydrogen (secondary N) is 1. The largest absolute Gasteiger partial charge is 0.454 e. The summed E-state index contributed by atoms with van der Waals surface area (Å²) in [7, 11) is -3.64. The fourth-order valence-corrected chi connectivity index (χ4v) is 5.87. The molecule has 3 aromatic rings. The lowest BCUT2D eigenvalue weighted by Crippen LogP contribution is -2.51. The van der Waals surface area contributed by atoms with Crippen LogP contribution in [0.5, 0.6) is 11.5 Å². The average molecular weight is 608 g/mol. The number of fused-ring (bicyclic) bond motifs is 1. The van der Waals surface area contributed by atoms with Gasteiger partial charge in [-0.25, -0.2) is 8.42 Å². The molecule has 4 rings (SSSR count). The van der Waals surface area contributed by atoms with E-state index in [1.54, 1.807) is 23.1 Å². The molecule has 0 fully saturated rings. The van der Waals surface area contributed by atoms with Crippen molar-refractivity contribution >= 4 is 27.5 Å². The summed E-state index contributed by atoms with van der Waals surface area (Å²) < 4.78 is 37.5. The van der Waals surface area contributed by atoms with Crippen molar-refractivity contribution in [2.24, 2.45) is 5.92 Å². The molecule has 43 heavy (non-hydrogen) atoms. The molecule has 0 aromatic heterocycles. The lowest BCUT2D eigenvalue weighted by molar-refractivity contribution is -0.141. The number of ether oxygens (including phenoxy) is 2. The van der Waals surface area contributed by atoms with Crippen LogP contribution >= 0.6 is 0 Å². The van der Waals surface area contributed by atoms with E-state index < -0.39 is 16.1 Å². The molecule has 9 nitrogen and oxygen atoms in total. The van der Waals surface area contributed by atoms with Gasteiger partial charge in [0.05, 0.1) is 11.9 Å². The second-order valence-electron chi connectivity index (χ2n) is 11.3. The van der Waals surface area contributed by atoms with E-state index in [-0.39, 0.29) is 50.5 Å². The third-order valence-electron chi connectivity index (χ3n) is 7.23. The molecule has 10 heteroatoms. The number of nitrogens with zero attached hydrogens (tertiary/aromatic N) is 2. The molecule has 1 N–H and O–H groups in total. The predicted molar refractivity (Wildman–Crippen MR) is 167 cm³/mol. The number of hydrogen-bond acceptors (Lipinski definition) is 6. The minimum atomic E-state index is -3.64. The summed E-state index contributed by atoms with van der Waals surface area (Å²) in [6.07, 6.45) is 1.81. The Kier molecular flexibility index (Phi) is 10.7. The number of hydrogen-bond donors (Lipinski definition) is 1. The van der Waals surface area contributed by atoms with E-state index in [1.165, 1.54) is 4.31 Å². The van der Waals surface area contributed by atoms with Crippen LogP contribution in [0.1, 0.15) is 43.4 Å². The van der Waals surface area contributed by atoms with Gasteiger partial charge in [0.1, 0.15) is 6.04 Å². The number of carbonyl (C=O) groups excluding carboxylic acids is 2. The first kappa shape index (κ1) is 31.9. The molecule has 0 aliphatic carbocycles. The van der Waals surface area contributed by atoms with Gasteiger partial charge >= 0.3 is 0 Å². The van der Waals surface area contributed by atoms with Crippen LogP contribution in [0.15, 0.2) is 72.8 Å². The van der Waals surface area contributed by atoms with Crippen molar-refractivity contribution in [1.29, 1.82) is 0 Å². The highest BCUT2D eigenvalue weighted by Gasteiger charge is 2.31. The zero-order valence-electron chi connectivity index (χ0n) is 25.3. The third-order valence-corrected chi connectivity index (χ3v) is 8.42. The van der Waals surface area contributed by atoms with Crippen molar-refractivity contribution in [2.75, 3.05) is 30.4 Å². The van der Waals surface area contributed by atoms with Crippen molar-refractivity contribution in [2.45, 2.75) is 52.6 Å². The quantitative estimate of drug-likeness (QED) is 0.285. The van der Waals surface area contributed by atoms with Crippen molar-refractivity contribution in [3.05, 3.63) is 89.5 Å². The Morgan fingerprint density at radius 1 is 0.930 bits per heavy atom. The van der Waals surface area contributed by atoms with Gasteiger partial charge in [0.15, 0.2) is 11.5 Å². The number of sulfonamides is 1. The first-order valence-electron chi connectivity index (χ1n) is 14.6. The van der Waals surface area contributed by atoms with Gasteiger partial charge in [-0.2, -0.15) is 0 Å². The van der Waals surface area contributed by atoms with E-state index in [0.717, 1.165) is 22.9 Å². The van der Waals surface area contributed by atoms with Crippen LogP contribution in [0.2, 0.25) is 0 Å². The first-order valence-corrected chi connectivity index (χ1v) is 16.4. The molecule has 1 aliphatic rings. The maximum atomic E-state index is 14.0. The van der Waals surface area contributed by atoms with Gasteiger partial charge in [-0.3, -0.25) is 13.9 Å². The Bertz CT molecular complexity index is 1490. The molecule has 230 valence electrons. The summed E-state index contributed by atoms with van der Waals surface area (Å²) in [6, 6.07) is 21.8. The van der Waals surface area contributed by atoms with Crippen molar-refractivity contribution in [1.82, 2.24) is 10.2 Å². The number of amides is 2. The van der Waals surface area contributed by atoms with E-state index in [4.69, 9.17) is 9.47 Å². The van der Waals surface area contributed by atoms with Crippen molar-refractivity contribution in [3.63, 3.8) is 0 Å². The molecule has 1 atom stereocenters. The molecule has 2 amide bonds. The van der Waals surface area contributed by atoms with Crippen LogP contribution in [0.3, 0.4) is 0 Å². The lowest BCUT2D eigenvalue weighted by atomic mass is 10.0. The van der Waals surface area contributed by atoms with Crippen LogP contribution in [0, 0.1) is 12.8 Å². The molecule has 0 bridgehead atoms. The molecule has 0 radical (unpaired) electrons. The standard InChI is InChI=1S/C33H41N3O6S/c1-24(2)21-34-33(38)29(19-26-9-6-5-7-10-26)35(22-27-14-12-25(3)13-15-27)32(37)11-8-18-36(43(4,39)40)28-16-17-30-31(20-28)42-23-41-30/h5-7,9-10,12-17,20,24,29H,8,11,18-19,21-23H2,1-4H3,(H,34,38)/t29-/m0/s1. The number of benzene rings is 3. The monoisotopic (exact) mass is 607 g/mol. The fraction of sp³-hybridized carbons (Fsp3) is 0.394. The molecule has 0 spiro atoms. The van der Waals surface area contributed by atoms with E-state index in [2.05, 4.69) is 5.32 Å². The Balaban J connectivity index is 1.57. The Morgan fingerprint density at radius 2 is 1.63 bits per heavy atom. The first-order chi connectivity index (χ1) is 20.5. The van der Waals surface area contributed by atoms with Crippen LogP contribution < -0.4 is 19.1 Å². The van der Waals surface area contributed by atoms with Gasteiger partial charge in [-0.15, -0.1) is 0 Å². The van der Waals surface area contributed by atoms with E-state index in [0.29, 0.717) is 30.2 Å². The van der Waals surface area contributed by atoms with E-state index in [9.17, 15) is 18.0 Å². The summed E-state index contributed by atoms with van der Waals surface area (Å²) >= 11 is 0. The van der Waals surface area contributed by atoms with Gasteiger partial charge < -0.3 is 19.7 Å². The molecular weight excluding hydrogens is 566 g/mol. The van der Waals surface area contributed by atoms with E-state index in [1.807, 2.05) is 75.4 Å². The summed E-state index contributed by atoms with van der Waals surface area (Å²) in [4.78, 5) is 29.2. The minimum absolute atomic E-state index is 0.0607. The summed E-state index contributed by atoms with van der Waals surface area (Å²) in [5.74, 6) is 0.846.